The average Bonchev–Trinajstić information content (AvgIpc) is 2.08. The highest BCUT2D eigenvalue weighted by Crippen LogP contribution is 2.19. The number of ketones is 1. The van der Waals surface area contributed by atoms with Gasteiger partial charge in [-0.15, -0.1) is 0 Å². The van der Waals surface area contributed by atoms with Gasteiger partial charge >= 0.3 is 5.97 Å². The second kappa shape index (κ2) is 3.67. The van der Waals surface area contributed by atoms with E-state index in [1.165, 1.54) is 13.2 Å². The monoisotopic (exact) mass is 230 g/mol. The quantitative estimate of drug-likeness (QED) is 0.639. The summed E-state index contributed by atoms with van der Waals surface area (Å²) in [4.78, 5) is 21.9. The first kappa shape index (κ1) is 9.19. The molecule has 0 aliphatic heterocycles. The molecule has 1 aliphatic carbocycles. The Morgan fingerprint density at radius 2 is 2.33 bits per heavy atom. The predicted octanol–water partition coefficient (Wildman–Crippen LogP) is 1.34. The summed E-state index contributed by atoms with van der Waals surface area (Å²) in [6.07, 6.45) is 3.28. The first-order valence-corrected chi connectivity index (χ1v) is 4.13. The minimum atomic E-state index is -0.417. The molecular weight excluding hydrogens is 224 g/mol. The van der Waals surface area contributed by atoms with E-state index in [4.69, 9.17) is 0 Å². The number of rotatable bonds is 1. The molecule has 64 valence electrons. The Morgan fingerprint density at radius 1 is 1.67 bits per heavy atom. The fourth-order valence-electron chi connectivity index (χ4n) is 0.836. The molecule has 0 radical (unpaired) electrons. The van der Waals surface area contributed by atoms with Gasteiger partial charge in [0.15, 0.2) is 5.78 Å². The van der Waals surface area contributed by atoms with Gasteiger partial charge < -0.3 is 4.74 Å². The van der Waals surface area contributed by atoms with Crippen molar-refractivity contribution < 1.29 is 14.3 Å². The van der Waals surface area contributed by atoms with E-state index in [-0.39, 0.29) is 12.2 Å². The molecule has 0 saturated heterocycles. The van der Waals surface area contributed by atoms with Crippen molar-refractivity contribution in [1.82, 2.24) is 0 Å². The van der Waals surface area contributed by atoms with E-state index in [1.807, 2.05) is 0 Å². The molecule has 0 fully saturated rings. The molecular formula is C8H7BrO3. The molecule has 1 aliphatic rings. The fraction of sp³-hybridized carbons (Fsp3) is 0.250. The van der Waals surface area contributed by atoms with Crippen molar-refractivity contribution >= 4 is 27.7 Å². The van der Waals surface area contributed by atoms with Gasteiger partial charge in [-0.1, -0.05) is 6.08 Å². The second-order valence-corrected chi connectivity index (χ2v) is 3.12. The van der Waals surface area contributed by atoms with E-state index in [0.717, 1.165) is 0 Å². The molecule has 0 unspecified atom stereocenters. The van der Waals surface area contributed by atoms with Crippen LogP contribution in [0.4, 0.5) is 0 Å². The van der Waals surface area contributed by atoms with E-state index in [2.05, 4.69) is 20.7 Å². The van der Waals surface area contributed by atoms with Crippen LogP contribution in [-0.2, 0) is 14.3 Å². The van der Waals surface area contributed by atoms with Crippen molar-refractivity contribution in [1.29, 1.82) is 0 Å². The Morgan fingerprint density at radius 3 is 2.83 bits per heavy atom. The van der Waals surface area contributed by atoms with Crippen molar-refractivity contribution in [2.45, 2.75) is 6.42 Å². The molecule has 0 saturated carbocycles. The van der Waals surface area contributed by atoms with Crippen LogP contribution in [0.1, 0.15) is 6.42 Å². The molecule has 12 heavy (non-hydrogen) atoms. The van der Waals surface area contributed by atoms with Crippen LogP contribution in [0.15, 0.2) is 22.2 Å². The molecule has 4 heteroatoms. The zero-order valence-corrected chi connectivity index (χ0v) is 8.05. The number of Topliss-reactive ketones (excluding diaryl/α,β-unsaturated/α-hetero) is 1. The molecule has 1 rings (SSSR count). The number of ether oxygens (including phenoxy) is 1. The number of methoxy groups -OCH3 is 1. The first-order valence-electron chi connectivity index (χ1n) is 3.34. The number of allylic oxidation sites excluding steroid dienone is 2. The lowest BCUT2D eigenvalue weighted by Gasteiger charge is -2.06. The number of carbonyl (C=O) groups is 2. The van der Waals surface area contributed by atoms with Gasteiger partial charge in [-0.2, -0.15) is 0 Å². The summed E-state index contributed by atoms with van der Waals surface area (Å²) in [5.41, 5.74) is 0.420. The van der Waals surface area contributed by atoms with Crippen LogP contribution in [0, 0.1) is 0 Å². The summed E-state index contributed by atoms with van der Waals surface area (Å²) >= 11 is 3.05. The van der Waals surface area contributed by atoms with Crippen LogP contribution in [-0.4, -0.2) is 18.9 Å². The Bertz CT molecular complexity index is 289. The van der Waals surface area contributed by atoms with Gasteiger partial charge in [0.1, 0.15) is 0 Å². The molecule has 0 bridgehead atoms. The smallest absolute Gasteiger partial charge is 0.337 e. The van der Waals surface area contributed by atoms with E-state index < -0.39 is 5.97 Å². The van der Waals surface area contributed by atoms with E-state index in [1.54, 1.807) is 6.08 Å². The lowest BCUT2D eigenvalue weighted by atomic mass is 10.1. The number of esters is 1. The van der Waals surface area contributed by atoms with Crippen molar-refractivity contribution in [2.24, 2.45) is 0 Å². The topological polar surface area (TPSA) is 43.4 Å². The Kier molecular flexibility index (Phi) is 2.81. The van der Waals surface area contributed by atoms with Gasteiger partial charge in [-0.25, -0.2) is 4.79 Å². The molecule has 3 nitrogen and oxygen atoms in total. The molecule has 0 heterocycles. The van der Waals surface area contributed by atoms with Crippen molar-refractivity contribution in [3.63, 3.8) is 0 Å². The van der Waals surface area contributed by atoms with Crippen molar-refractivity contribution in [3.8, 4) is 0 Å². The summed E-state index contributed by atoms with van der Waals surface area (Å²) in [6.45, 7) is 0. The maximum Gasteiger partial charge on any atom is 0.337 e. The fourth-order valence-corrected chi connectivity index (χ4v) is 1.24. The minimum Gasteiger partial charge on any atom is -0.465 e. The van der Waals surface area contributed by atoms with Crippen LogP contribution >= 0.6 is 15.9 Å². The summed E-state index contributed by atoms with van der Waals surface area (Å²) in [7, 11) is 1.31. The van der Waals surface area contributed by atoms with E-state index in [0.29, 0.717) is 10.1 Å². The van der Waals surface area contributed by atoms with Crippen LogP contribution in [0.2, 0.25) is 0 Å². The van der Waals surface area contributed by atoms with Crippen molar-refractivity contribution in [3.05, 3.63) is 22.2 Å². The van der Waals surface area contributed by atoms with Gasteiger partial charge in [0.2, 0.25) is 0 Å². The van der Waals surface area contributed by atoms with Gasteiger partial charge in [0, 0.05) is 6.42 Å². The van der Waals surface area contributed by atoms with Crippen LogP contribution < -0.4 is 0 Å². The third-order valence-electron chi connectivity index (χ3n) is 1.48. The second-order valence-electron chi connectivity index (χ2n) is 2.27. The molecule has 0 aromatic carbocycles. The largest absolute Gasteiger partial charge is 0.465 e. The molecule has 0 amide bonds. The number of hydrogen-bond acceptors (Lipinski definition) is 3. The molecule has 0 atom stereocenters. The van der Waals surface area contributed by atoms with Gasteiger partial charge in [0.05, 0.1) is 17.2 Å². The van der Waals surface area contributed by atoms with Gasteiger partial charge in [-0.05, 0) is 22.0 Å². The SMILES string of the molecule is COC(=O)C1=CCC(=O)C(Br)=C1. The summed E-state index contributed by atoms with van der Waals surface area (Å²) in [5, 5.41) is 0. The van der Waals surface area contributed by atoms with Crippen LogP contribution in [0.3, 0.4) is 0 Å². The third kappa shape index (κ3) is 1.82. The molecule has 0 N–H and O–H groups in total. The lowest BCUT2D eigenvalue weighted by Crippen LogP contribution is -2.09. The van der Waals surface area contributed by atoms with E-state index >= 15 is 0 Å². The Labute approximate surface area is 78.2 Å². The maximum atomic E-state index is 11.0. The van der Waals surface area contributed by atoms with Gasteiger partial charge in [0.25, 0.3) is 0 Å². The normalized spacial score (nSPS) is 16.7. The van der Waals surface area contributed by atoms with Crippen LogP contribution in [0.25, 0.3) is 0 Å². The maximum absolute atomic E-state index is 11.0. The third-order valence-corrected chi connectivity index (χ3v) is 2.15. The van der Waals surface area contributed by atoms with Crippen LogP contribution in [0.5, 0.6) is 0 Å². The standard InChI is InChI=1S/C8H7BrO3/c1-12-8(11)5-2-3-7(10)6(9)4-5/h2,4H,3H2,1H3. The Hall–Kier alpha value is -0.900. The molecule has 0 aromatic rings. The van der Waals surface area contributed by atoms with E-state index in [9.17, 15) is 9.59 Å². The highest BCUT2D eigenvalue weighted by molar-refractivity contribution is 9.12. The zero-order chi connectivity index (χ0) is 9.14. The number of halogens is 1. The summed E-state index contributed by atoms with van der Waals surface area (Å²) in [5.74, 6) is -0.442. The molecule has 0 spiro atoms. The predicted molar refractivity (Wildman–Crippen MR) is 46.7 cm³/mol. The average molecular weight is 231 g/mol. The lowest BCUT2D eigenvalue weighted by molar-refractivity contribution is -0.135. The van der Waals surface area contributed by atoms with Gasteiger partial charge in [-0.3, -0.25) is 4.79 Å². The summed E-state index contributed by atoms with van der Waals surface area (Å²) < 4.78 is 4.91. The highest BCUT2D eigenvalue weighted by Gasteiger charge is 2.16. The zero-order valence-electron chi connectivity index (χ0n) is 6.46. The first-order chi connectivity index (χ1) is 5.65. The minimum absolute atomic E-state index is 0.0253. The number of hydrogen-bond donors (Lipinski definition) is 0. The van der Waals surface area contributed by atoms with Crippen molar-refractivity contribution in [2.75, 3.05) is 7.11 Å². The Balaban J connectivity index is 2.85. The summed E-state index contributed by atoms with van der Waals surface area (Å²) in [6, 6.07) is 0. The molecule has 0 aromatic heterocycles. The highest BCUT2D eigenvalue weighted by atomic mass is 79.9. The number of carbonyl (C=O) groups excluding carboxylic acids is 2.